The predicted molar refractivity (Wildman–Crippen MR) is 295 cm³/mol. The number of aryl methyl sites for hydroxylation is 1. The molecule has 11 heteroatoms. The van der Waals surface area contributed by atoms with Gasteiger partial charge in [-0.25, -0.2) is 9.59 Å². The molecule has 9 atom stereocenters. The second kappa shape index (κ2) is 22.7. The molecule has 3 N–H and O–H groups in total. The Morgan fingerprint density at radius 3 is 2.36 bits per heavy atom. The SMILES string of the molecule is COCC(CCO)c1c(CO)c2ccc3c(c2oc1=O)C1OC(=O)CC2CC(c4cccc(C5(c6ccccc6)CCCCC5)c4)C=CC2c2ccc(cc2)CCC(=C(C)CO)C(=O)OC1C1(CC=CC2CCCCC21)O3. The van der Waals surface area contributed by atoms with Gasteiger partial charge in [0.05, 0.1) is 25.4 Å². The molecule has 7 aliphatic rings. The lowest BCUT2D eigenvalue weighted by atomic mass is 9.62. The first-order valence-electron chi connectivity index (χ1n) is 28.4. The van der Waals surface area contributed by atoms with E-state index in [1.165, 1.54) is 43.1 Å². The van der Waals surface area contributed by atoms with Gasteiger partial charge in [-0.15, -0.1) is 0 Å². The van der Waals surface area contributed by atoms with Crippen LogP contribution in [-0.2, 0) is 42.2 Å². The molecule has 0 saturated heterocycles. The Morgan fingerprint density at radius 2 is 1.60 bits per heavy atom. The zero-order valence-corrected chi connectivity index (χ0v) is 44.6. The van der Waals surface area contributed by atoms with Crippen LogP contribution in [0, 0.1) is 17.8 Å². The lowest BCUT2D eigenvalue weighted by molar-refractivity contribution is -0.208. The maximum absolute atomic E-state index is 15.6. The van der Waals surface area contributed by atoms with Crippen LogP contribution in [-0.4, -0.2) is 65.9 Å². The van der Waals surface area contributed by atoms with Crippen molar-refractivity contribution in [1.82, 2.24) is 0 Å². The van der Waals surface area contributed by atoms with Gasteiger partial charge in [0.15, 0.2) is 17.8 Å². The summed E-state index contributed by atoms with van der Waals surface area (Å²) in [4.78, 5) is 45.3. The molecule has 9 unspecified atom stereocenters. The first-order chi connectivity index (χ1) is 37.6. The number of aliphatic hydroxyl groups excluding tert-OH is 3. The van der Waals surface area contributed by atoms with Crippen molar-refractivity contribution in [3.05, 3.63) is 181 Å². The van der Waals surface area contributed by atoms with E-state index in [1.807, 2.05) is 0 Å². The van der Waals surface area contributed by atoms with Gasteiger partial charge in [0.2, 0.25) is 0 Å². The number of allylic oxidation sites excluding steroid dienone is 3. The van der Waals surface area contributed by atoms with E-state index in [0.717, 1.165) is 49.7 Å². The molecule has 1 spiro atoms. The zero-order valence-electron chi connectivity index (χ0n) is 44.6. The molecular weight excluding hydrogens is 969 g/mol. The second-order valence-corrected chi connectivity index (χ2v) is 22.9. The average molecular weight is 1040 g/mol. The fourth-order valence-corrected chi connectivity index (χ4v) is 14.8. The Labute approximate surface area is 452 Å². The molecule has 2 saturated carbocycles. The summed E-state index contributed by atoms with van der Waals surface area (Å²) in [6, 6.07) is 32.1. The molecule has 1 aromatic heterocycles. The van der Waals surface area contributed by atoms with E-state index in [-0.39, 0.29) is 90.8 Å². The van der Waals surface area contributed by atoms with Gasteiger partial charge in [-0.1, -0.05) is 135 Å². The molecular formula is C66H74O11. The van der Waals surface area contributed by atoms with Gasteiger partial charge in [-0.05, 0) is 121 Å². The Hall–Kier alpha value is -6.11. The van der Waals surface area contributed by atoms with Crippen molar-refractivity contribution in [1.29, 1.82) is 0 Å². The van der Waals surface area contributed by atoms with Crippen molar-refractivity contribution in [3.8, 4) is 5.75 Å². The van der Waals surface area contributed by atoms with Crippen LogP contribution >= 0.6 is 0 Å². The zero-order chi connectivity index (χ0) is 53.3. The molecule has 4 aromatic carbocycles. The van der Waals surface area contributed by atoms with E-state index in [2.05, 4.69) is 103 Å². The molecule has 4 aliphatic carbocycles. The predicted octanol–water partition coefficient (Wildman–Crippen LogP) is 11.8. The van der Waals surface area contributed by atoms with Gasteiger partial charge in [0.25, 0.3) is 0 Å². The highest BCUT2D eigenvalue weighted by molar-refractivity contribution is 5.90. The molecule has 0 amide bonds. The number of esters is 2. The minimum Gasteiger partial charge on any atom is -0.482 e. The minimum absolute atomic E-state index is 0.0142. The van der Waals surface area contributed by atoms with Crippen molar-refractivity contribution in [3.63, 3.8) is 0 Å². The van der Waals surface area contributed by atoms with Crippen LogP contribution in [0.4, 0.5) is 0 Å². The third kappa shape index (κ3) is 9.95. The van der Waals surface area contributed by atoms with Crippen molar-refractivity contribution in [2.45, 2.75) is 151 Å². The minimum atomic E-state index is -1.32. The number of ether oxygens (including phenoxy) is 4. The van der Waals surface area contributed by atoms with Crippen molar-refractivity contribution < 1.29 is 48.3 Å². The van der Waals surface area contributed by atoms with E-state index in [9.17, 15) is 20.1 Å². The van der Waals surface area contributed by atoms with Gasteiger partial charge in [-0.2, -0.15) is 0 Å². The highest BCUT2D eigenvalue weighted by Crippen LogP contribution is 2.57. The summed E-state index contributed by atoms with van der Waals surface area (Å²) >= 11 is 0. The van der Waals surface area contributed by atoms with Crippen LogP contribution in [0.5, 0.6) is 5.75 Å². The highest BCUT2D eigenvalue weighted by atomic mass is 16.6. The third-order valence-corrected chi connectivity index (χ3v) is 18.7. The molecule has 3 aliphatic heterocycles. The summed E-state index contributed by atoms with van der Waals surface area (Å²) in [6.07, 6.45) is 17.9. The maximum atomic E-state index is 15.6. The van der Waals surface area contributed by atoms with E-state index < -0.39 is 47.9 Å². The molecule has 4 heterocycles. The number of methoxy groups -OCH3 is 1. The summed E-state index contributed by atoms with van der Waals surface area (Å²) in [5.41, 5.74) is 5.59. The number of hydrogen-bond donors (Lipinski definition) is 3. The topological polar surface area (TPSA) is 162 Å². The Bertz CT molecular complexity index is 3100. The smallest absolute Gasteiger partial charge is 0.340 e. The first-order valence-corrected chi connectivity index (χ1v) is 28.4. The molecule has 404 valence electrons. The van der Waals surface area contributed by atoms with Gasteiger partial charge in [-0.3, -0.25) is 4.79 Å². The van der Waals surface area contributed by atoms with E-state index >= 15 is 9.59 Å². The Morgan fingerprint density at radius 1 is 0.805 bits per heavy atom. The lowest BCUT2D eigenvalue weighted by Crippen LogP contribution is -2.62. The number of hydrogen-bond acceptors (Lipinski definition) is 11. The number of carbonyl (C=O) groups excluding carboxylic acids is 2. The number of rotatable bonds is 10. The van der Waals surface area contributed by atoms with Crippen LogP contribution in [0.25, 0.3) is 11.0 Å². The molecule has 2 fully saturated rings. The Kier molecular flexibility index (Phi) is 15.6. The summed E-state index contributed by atoms with van der Waals surface area (Å²) in [6.45, 7) is 0.711. The normalized spacial score (nSPS) is 28.1. The fourth-order valence-electron chi connectivity index (χ4n) is 14.8. The van der Waals surface area contributed by atoms with Crippen LogP contribution in [0.3, 0.4) is 0 Å². The van der Waals surface area contributed by atoms with Crippen molar-refractivity contribution in [2.75, 3.05) is 26.9 Å². The summed E-state index contributed by atoms with van der Waals surface area (Å²) < 4.78 is 33.2. The molecule has 12 rings (SSSR count). The van der Waals surface area contributed by atoms with Crippen LogP contribution < -0.4 is 10.4 Å². The molecule has 0 radical (unpaired) electrons. The van der Waals surface area contributed by atoms with Crippen LogP contribution in [0.1, 0.15) is 165 Å². The lowest BCUT2D eigenvalue weighted by Gasteiger charge is -2.54. The van der Waals surface area contributed by atoms with Gasteiger partial charge in [0, 0.05) is 72.2 Å². The molecule has 5 aromatic rings. The second-order valence-electron chi connectivity index (χ2n) is 22.9. The summed E-state index contributed by atoms with van der Waals surface area (Å²) in [5, 5.41) is 32.3. The monoisotopic (exact) mass is 1040 g/mol. The fraction of sp³-hybridized carbons (Fsp3) is 0.470. The van der Waals surface area contributed by atoms with E-state index in [0.29, 0.717) is 47.1 Å². The standard InChI is InChI=1S/C66H74O11/c1-41(38-68)51-26-22-42-20-23-43(24-21-42)52-27-25-46(45-14-11-18-50(36-45)65(31-9-4-10-32-65)49-16-5-3-6-17-49)35-48(52)37-57(70)74-61-59-56(77-66(62(61)76-63(51)71)33-12-15-44-13-7-8-19-55(44)66)29-28-53-54(39-69)58(64(72)75-60(53)59)47(30-34-67)40-73-2/h3,5-6,11-12,14-18,20-21,23-25,27-29,36,44,46-48,52,55,61-62,67-69H,4,7-10,13,19,22,26,30-35,37-40H2,1-2H3. The number of carbonyl (C=O) groups is 2. The highest BCUT2D eigenvalue weighted by Gasteiger charge is 2.61. The number of aliphatic hydroxyl groups is 3. The Balaban J connectivity index is 1.05. The third-order valence-electron chi connectivity index (χ3n) is 18.7. The maximum Gasteiger partial charge on any atom is 0.340 e. The van der Waals surface area contributed by atoms with Crippen molar-refractivity contribution >= 4 is 22.9 Å². The number of benzene rings is 4. The van der Waals surface area contributed by atoms with Gasteiger partial charge in [0.1, 0.15) is 11.3 Å². The molecule has 77 heavy (non-hydrogen) atoms. The van der Waals surface area contributed by atoms with Crippen molar-refractivity contribution in [2.24, 2.45) is 17.8 Å². The quantitative estimate of drug-likeness (QED) is 0.0528. The van der Waals surface area contributed by atoms with Gasteiger partial charge < -0.3 is 38.7 Å². The summed E-state index contributed by atoms with van der Waals surface area (Å²) in [5.74, 6) is -1.73. The molecule has 11 nitrogen and oxygen atoms in total. The summed E-state index contributed by atoms with van der Waals surface area (Å²) in [7, 11) is 1.51. The van der Waals surface area contributed by atoms with E-state index in [4.69, 9.17) is 23.4 Å². The largest absolute Gasteiger partial charge is 0.482 e. The van der Waals surface area contributed by atoms with Crippen LogP contribution in [0.15, 0.2) is 136 Å². The molecule has 2 bridgehead atoms. The first kappa shape index (κ1) is 52.9. The van der Waals surface area contributed by atoms with Crippen LogP contribution in [0.2, 0.25) is 0 Å². The number of fused-ring (bicyclic) bond motifs is 13. The average Bonchev–Trinajstić information content (AvgIpc) is 3.62. The van der Waals surface area contributed by atoms with Gasteiger partial charge >= 0.3 is 17.6 Å². The van der Waals surface area contributed by atoms with E-state index in [1.54, 1.807) is 19.1 Å².